The molecule has 1 aliphatic rings. The van der Waals surface area contributed by atoms with E-state index in [-0.39, 0.29) is 11.8 Å². The lowest BCUT2D eigenvalue weighted by Gasteiger charge is -2.24. The highest BCUT2D eigenvalue weighted by molar-refractivity contribution is 5.99. The van der Waals surface area contributed by atoms with E-state index in [0.29, 0.717) is 18.4 Å². The van der Waals surface area contributed by atoms with E-state index in [4.69, 9.17) is 4.74 Å². The van der Waals surface area contributed by atoms with Crippen molar-refractivity contribution in [2.45, 2.75) is 39.0 Å². The Balaban J connectivity index is 2.17. The molecule has 1 aromatic rings. The predicted octanol–water partition coefficient (Wildman–Crippen LogP) is 3.69. The van der Waals surface area contributed by atoms with Gasteiger partial charge in [0.15, 0.2) is 5.78 Å². The molecule has 2 rings (SSSR count). The van der Waals surface area contributed by atoms with E-state index in [1.165, 1.54) is 19.1 Å². The van der Waals surface area contributed by atoms with Crippen molar-refractivity contribution in [2.24, 2.45) is 0 Å². The van der Waals surface area contributed by atoms with Crippen LogP contribution in [0.25, 0.3) is 0 Å². The van der Waals surface area contributed by atoms with Gasteiger partial charge in [0, 0.05) is 16.9 Å². The van der Waals surface area contributed by atoms with Crippen molar-refractivity contribution in [1.82, 2.24) is 0 Å². The number of nitrogens with one attached hydrogen (secondary N) is 1. The molecule has 1 saturated carbocycles. The minimum absolute atomic E-state index is 0.0315. The molecule has 0 spiro atoms. The summed E-state index contributed by atoms with van der Waals surface area (Å²) in [6.45, 7) is 1.56. The minimum atomic E-state index is -0.214. The molecule has 0 radical (unpaired) electrons. The van der Waals surface area contributed by atoms with Crippen LogP contribution in [-0.2, 0) is 9.53 Å². The second-order valence-corrected chi connectivity index (χ2v) is 5.24. The van der Waals surface area contributed by atoms with Gasteiger partial charge >= 0.3 is 5.97 Å². The Morgan fingerprint density at radius 3 is 2.48 bits per heavy atom. The molecule has 1 aromatic carbocycles. The lowest BCUT2D eigenvalue weighted by molar-refractivity contribution is -0.140. The molecule has 0 atom stereocenters. The van der Waals surface area contributed by atoms with Crippen molar-refractivity contribution >= 4 is 17.4 Å². The standard InChI is InChI=1S/C17H21NO3/c1-12(19)14-8-3-4-9-16(14)18-15(13-6-5-7-13)10-11-17(20)21-2/h3-4,8-9,18H,5-7,10-11H2,1-2H3. The molecule has 0 unspecified atom stereocenters. The molecule has 1 aliphatic carbocycles. The lowest BCUT2D eigenvalue weighted by Crippen LogP contribution is -2.13. The Morgan fingerprint density at radius 2 is 1.90 bits per heavy atom. The predicted molar refractivity (Wildman–Crippen MR) is 82.2 cm³/mol. The van der Waals surface area contributed by atoms with E-state index in [1.54, 1.807) is 6.92 Å². The first kappa shape index (κ1) is 15.3. The van der Waals surface area contributed by atoms with Crippen LogP contribution in [-0.4, -0.2) is 18.9 Å². The van der Waals surface area contributed by atoms with Crippen molar-refractivity contribution in [3.63, 3.8) is 0 Å². The minimum Gasteiger partial charge on any atom is -0.469 e. The van der Waals surface area contributed by atoms with E-state index >= 15 is 0 Å². The number of carbonyl (C=O) groups is 2. The van der Waals surface area contributed by atoms with E-state index in [9.17, 15) is 9.59 Å². The third kappa shape index (κ3) is 3.94. The van der Waals surface area contributed by atoms with Gasteiger partial charge in [0.2, 0.25) is 0 Å². The highest BCUT2D eigenvalue weighted by Gasteiger charge is 2.17. The topological polar surface area (TPSA) is 55.4 Å². The van der Waals surface area contributed by atoms with Gasteiger partial charge in [0.25, 0.3) is 0 Å². The van der Waals surface area contributed by atoms with Gasteiger partial charge in [-0.1, -0.05) is 17.7 Å². The number of carbonyl (C=O) groups excluding carboxylic acids is 2. The van der Waals surface area contributed by atoms with Gasteiger partial charge in [-0.15, -0.1) is 0 Å². The van der Waals surface area contributed by atoms with E-state index in [2.05, 4.69) is 5.32 Å². The monoisotopic (exact) mass is 287 g/mol. The number of methoxy groups -OCH3 is 1. The molecule has 0 saturated heterocycles. The molecule has 0 aliphatic heterocycles. The number of rotatable bonds is 6. The summed E-state index contributed by atoms with van der Waals surface area (Å²) >= 11 is 0. The van der Waals surface area contributed by atoms with Gasteiger partial charge in [0.05, 0.1) is 13.5 Å². The van der Waals surface area contributed by atoms with Crippen LogP contribution < -0.4 is 5.32 Å². The summed E-state index contributed by atoms with van der Waals surface area (Å²) in [5.41, 5.74) is 3.88. The van der Waals surface area contributed by atoms with E-state index in [1.807, 2.05) is 24.3 Å². The van der Waals surface area contributed by atoms with Gasteiger partial charge in [-0.05, 0) is 44.7 Å². The van der Waals surface area contributed by atoms with Gasteiger partial charge in [-0.2, -0.15) is 0 Å². The molecular weight excluding hydrogens is 266 g/mol. The summed E-state index contributed by atoms with van der Waals surface area (Å²) in [5.74, 6) is -0.182. The Labute approximate surface area is 125 Å². The number of ketones is 1. The van der Waals surface area contributed by atoms with Crippen LogP contribution >= 0.6 is 0 Å². The number of hydrogen-bond donors (Lipinski definition) is 1. The summed E-state index contributed by atoms with van der Waals surface area (Å²) in [4.78, 5) is 23.0. The summed E-state index contributed by atoms with van der Waals surface area (Å²) in [6.07, 6.45) is 4.28. The number of allylic oxidation sites excluding steroid dienone is 2. The number of ether oxygens (including phenoxy) is 1. The highest BCUT2D eigenvalue weighted by atomic mass is 16.5. The zero-order chi connectivity index (χ0) is 15.2. The number of para-hydroxylation sites is 1. The normalized spacial score (nSPS) is 13.3. The average Bonchev–Trinajstić information content (AvgIpc) is 2.42. The third-order valence-corrected chi connectivity index (χ3v) is 3.78. The van der Waals surface area contributed by atoms with E-state index < -0.39 is 0 Å². The molecule has 1 fully saturated rings. The first-order valence-electron chi connectivity index (χ1n) is 7.26. The van der Waals surface area contributed by atoms with Crippen LogP contribution in [0.5, 0.6) is 0 Å². The quantitative estimate of drug-likeness (QED) is 0.640. The Morgan fingerprint density at radius 1 is 1.19 bits per heavy atom. The second-order valence-electron chi connectivity index (χ2n) is 5.24. The number of hydrogen-bond acceptors (Lipinski definition) is 4. The molecule has 0 heterocycles. The van der Waals surface area contributed by atoms with Gasteiger partial charge in [0.1, 0.15) is 0 Å². The molecule has 1 N–H and O–H groups in total. The van der Waals surface area contributed by atoms with Crippen LogP contribution in [0.1, 0.15) is 49.4 Å². The fourth-order valence-corrected chi connectivity index (χ4v) is 2.37. The summed E-state index contributed by atoms with van der Waals surface area (Å²) in [7, 11) is 1.40. The zero-order valence-corrected chi connectivity index (χ0v) is 12.6. The van der Waals surface area contributed by atoms with Crippen LogP contribution in [0.3, 0.4) is 0 Å². The smallest absolute Gasteiger partial charge is 0.305 e. The summed E-state index contributed by atoms with van der Waals surface area (Å²) in [6, 6.07) is 7.47. The van der Waals surface area contributed by atoms with Crippen molar-refractivity contribution < 1.29 is 14.3 Å². The van der Waals surface area contributed by atoms with Crippen LogP contribution in [0.4, 0.5) is 5.69 Å². The molecule has 0 amide bonds. The molecule has 4 nitrogen and oxygen atoms in total. The Kier molecular flexibility index (Phi) is 5.14. The fraction of sp³-hybridized carbons (Fsp3) is 0.412. The Bertz CT molecular complexity index is 569. The van der Waals surface area contributed by atoms with Crippen LogP contribution in [0.15, 0.2) is 35.5 Å². The van der Waals surface area contributed by atoms with Crippen molar-refractivity contribution in [1.29, 1.82) is 0 Å². The maximum Gasteiger partial charge on any atom is 0.305 e. The van der Waals surface area contributed by atoms with Gasteiger partial charge in [-0.3, -0.25) is 9.59 Å². The molecule has 0 aromatic heterocycles. The van der Waals surface area contributed by atoms with Crippen LogP contribution in [0, 0.1) is 0 Å². The number of benzene rings is 1. The summed E-state index contributed by atoms with van der Waals surface area (Å²) in [5, 5.41) is 3.36. The first-order valence-corrected chi connectivity index (χ1v) is 7.26. The summed E-state index contributed by atoms with van der Waals surface area (Å²) < 4.78 is 4.70. The van der Waals surface area contributed by atoms with E-state index in [0.717, 1.165) is 24.2 Å². The van der Waals surface area contributed by atoms with Crippen molar-refractivity contribution in [3.05, 3.63) is 41.1 Å². The van der Waals surface area contributed by atoms with Gasteiger partial charge < -0.3 is 10.1 Å². The second kappa shape index (κ2) is 7.07. The van der Waals surface area contributed by atoms with Crippen molar-refractivity contribution in [3.8, 4) is 0 Å². The number of esters is 1. The zero-order valence-electron chi connectivity index (χ0n) is 12.6. The number of anilines is 1. The third-order valence-electron chi connectivity index (χ3n) is 3.78. The average molecular weight is 287 g/mol. The molecular formula is C17H21NO3. The highest BCUT2D eigenvalue weighted by Crippen LogP contribution is 2.32. The van der Waals surface area contributed by atoms with Gasteiger partial charge in [-0.25, -0.2) is 0 Å². The SMILES string of the molecule is COC(=O)CCC(Nc1ccccc1C(C)=O)=C1CCC1. The lowest BCUT2D eigenvalue weighted by atomic mass is 9.89. The fourth-order valence-electron chi connectivity index (χ4n) is 2.37. The molecule has 21 heavy (non-hydrogen) atoms. The maximum atomic E-state index is 11.7. The Hall–Kier alpha value is -2.10. The first-order chi connectivity index (χ1) is 10.1. The largest absolute Gasteiger partial charge is 0.469 e. The van der Waals surface area contributed by atoms with Crippen LogP contribution in [0.2, 0.25) is 0 Å². The molecule has 4 heteroatoms. The number of Topliss-reactive ketones (excluding diaryl/α,β-unsaturated/α-hetero) is 1. The van der Waals surface area contributed by atoms with Crippen molar-refractivity contribution in [2.75, 3.05) is 12.4 Å². The maximum absolute atomic E-state index is 11.7. The molecule has 112 valence electrons. The molecule has 0 bridgehead atoms.